The van der Waals surface area contributed by atoms with Crippen molar-refractivity contribution >= 4 is 35.1 Å². The minimum Gasteiger partial charge on any atom is -0.473 e. The topological polar surface area (TPSA) is 107 Å². The number of hydrogen-bond donors (Lipinski definition) is 3. The molecule has 0 atom stereocenters. The molecule has 3 N–H and O–H groups in total. The third-order valence-corrected chi connectivity index (χ3v) is 3.98. The summed E-state index contributed by atoms with van der Waals surface area (Å²) >= 11 is 6.03. The van der Waals surface area contributed by atoms with Crippen molar-refractivity contribution in [3.8, 4) is 0 Å². The zero-order chi connectivity index (χ0) is 18.7. The highest BCUT2D eigenvalue weighted by Crippen LogP contribution is 2.20. The van der Waals surface area contributed by atoms with E-state index in [-0.39, 0.29) is 5.91 Å². The fourth-order valence-electron chi connectivity index (χ4n) is 2.43. The SMILES string of the molecule is O=C(CN1CCCCCCC1)Nc1ccccc1Cl.O=C(O)C(=O)O. The number of para-hydroxylation sites is 1. The van der Waals surface area contributed by atoms with Gasteiger partial charge in [-0.15, -0.1) is 0 Å². The van der Waals surface area contributed by atoms with Gasteiger partial charge in [0.1, 0.15) is 0 Å². The lowest BCUT2D eigenvalue weighted by atomic mass is 10.1. The van der Waals surface area contributed by atoms with Crippen molar-refractivity contribution in [3.63, 3.8) is 0 Å². The predicted octanol–water partition coefficient (Wildman–Crippen LogP) is 2.70. The number of rotatable bonds is 3. The minimum absolute atomic E-state index is 0.0219. The lowest BCUT2D eigenvalue weighted by Crippen LogP contribution is -2.35. The zero-order valence-corrected chi connectivity index (χ0v) is 14.7. The lowest BCUT2D eigenvalue weighted by molar-refractivity contribution is -0.159. The Morgan fingerprint density at radius 1 is 0.960 bits per heavy atom. The molecule has 2 rings (SSSR count). The van der Waals surface area contributed by atoms with Gasteiger partial charge in [0.15, 0.2) is 0 Å². The van der Waals surface area contributed by atoms with E-state index in [1.54, 1.807) is 6.07 Å². The number of carboxylic acid groups (broad SMARTS) is 2. The molecule has 0 spiro atoms. The zero-order valence-electron chi connectivity index (χ0n) is 13.9. The highest BCUT2D eigenvalue weighted by atomic mass is 35.5. The smallest absolute Gasteiger partial charge is 0.414 e. The molecule has 1 aliphatic heterocycles. The average molecular weight is 371 g/mol. The van der Waals surface area contributed by atoms with Crippen LogP contribution in [0.5, 0.6) is 0 Å². The Hall–Kier alpha value is -2.12. The number of anilines is 1. The van der Waals surface area contributed by atoms with E-state index in [0.717, 1.165) is 13.1 Å². The Labute approximate surface area is 151 Å². The monoisotopic (exact) mass is 370 g/mol. The number of aliphatic carboxylic acids is 2. The molecule has 0 aliphatic carbocycles. The summed E-state index contributed by atoms with van der Waals surface area (Å²) < 4.78 is 0. The second-order valence-corrected chi connectivity index (χ2v) is 6.09. The van der Waals surface area contributed by atoms with Crippen molar-refractivity contribution in [2.75, 3.05) is 25.0 Å². The van der Waals surface area contributed by atoms with Crippen LogP contribution >= 0.6 is 11.6 Å². The van der Waals surface area contributed by atoms with E-state index in [4.69, 9.17) is 31.4 Å². The number of carbonyl (C=O) groups is 3. The molecule has 1 aromatic rings. The summed E-state index contributed by atoms with van der Waals surface area (Å²) in [5.41, 5.74) is 0.696. The van der Waals surface area contributed by atoms with Crippen LogP contribution in [0.4, 0.5) is 5.69 Å². The quantitative estimate of drug-likeness (QED) is 0.706. The molecule has 25 heavy (non-hydrogen) atoms. The number of amides is 1. The molecule has 1 aliphatic rings. The number of halogens is 1. The van der Waals surface area contributed by atoms with Gasteiger partial charge in [-0.3, -0.25) is 9.69 Å². The molecule has 7 nitrogen and oxygen atoms in total. The molecule has 0 aromatic heterocycles. The predicted molar refractivity (Wildman–Crippen MR) is 94.9 cm³/mol. The van der Waals surface area contributed by atoms with Crippen LogP contribution in [0.2, 0.25) is 5.02 Å². The van der Waals surface area contributed by atoms with Gasteiger partial charge in [0.2, 0.25) is 5.91 Å². The van der Waals surface area contributed by atoms with Crippen LogP contribution in [0.3, 0.4) is 0 Å². The number of carbonyl (C=O) groups excluding carboxylic acids is 1. The second-order valence-electron chi connectivity index (χ2n) is 5.68. The first-order chi connectivity index (χ1) is 11.9. The first kappa shape index (κ1) is 20.9. The molecule has 1 heterocycles. The number of benzene rings is 1. The summed E-state index contributed by atoms with van der Waals surface area (Å²) in [5.74, 6) is -3.63. The maximum absolute atomic E-state index is 12.0. The second kappa shape index (κ2) is 11.4. The number of hydrogen-bond acceptors (Lipinski definition) is 4. The highest BCUT2D eigenvalue weighted by molar-refractivity contribution is 6.33. The molecule has 0 radical (unpaired) electrons. The van der Waals surface area contributed by atoms with Gasteiger partial charge in [-0.25, -0.2) is 9.59 Å². The first-order valence-corrected chi connectivity index (χ1v) is 8.51. The minimum atomic E-state index is -1.82. The average Bonchev–Trinajstić information content (AvgIpc) is 2.52. The summed E-state index contributed by atoms with van der Waals surface area (Å²) in [4.78, 5) is 32.5. The van der Waals surface area contributed by atoms with Crippen LogP contribution in [-0.2, 0) is 14.4 Å². The molecule has 1 fully saturated rings. The highest BCUT2D eigenvalue weighted by Gasteiger charge is 2.13. The third-order valence-electron chi connectivity index (χ3n) is 3.65. The molecular formula is C17H23ClN2O5. The van der Waals surface area contributed by atoms with E-state index < -0.39 is 11.9 Å². The van der Waals surface area contributed by atoms with E-state index in [9.17, 15) is 4.79 Å². The van der Waals surface area contributed by atoms with Crippen LogP contribution in [0.25, 0.3) is 0 Å². The van der Waals surface area contributed by atoms with Gasteiger partial charge in [-0.2, -0.15) is 0 Å². The number of carboxylic acids is 2. The van der Waals surface area contributed by atoms with E-state index in [2.05, 4.69) is 10.2 Å². The standard InChI is InChI=1S/C15H21ClN2O.C2H2O4/c16-13-8-4-5-9-14(13)17-15(19)12-18-10-6-2-1-3-7-11-18;3-1(4)2(5)6/h4-5,8-9H,1-3,6-7,10-12H2,(H,17,19);(H,3,4)(H,5,6). The Balaban J connectivity index is 0.000000450. The van der Waals surface area contributed by atoms with Gasteiger partial charge in [0, 0.05) is 0 Å². The van der Waals surface area contributed by atoms with Gasteiger partial charge in [0.25, 0.3) is 0 Å². The largest absolute Gasteiger partial charge is 0.473 e. The Kier molecular flexibility index (Phi) is 9.57. The molecule has 0 bridgehead atoms. The van der Waals surface area contributed by atoms with Crippen LogP contribution in [0.15, 0.2) is 24.3 Å². The number of nitrogens with zero attached hydrogens (tertiary/aromatic N) is 1. The van der Waals surface area contributed by atoms with Crippen molar-refractivity contribution in [3.05, 3.63) is 29.3 Å². The summed E-state index contributed by atoms with van der Waals surface area (Å²) in [6.45, 7) is 2.51. The Morgan fingerprint density at radius 2 is 1.48 bits per heavy atom. The van der Waals surface area contributed by atoms with E-state index in [0.29, 0.717) is 17.3 Å². The number of likely N-dealkylation sites (tertiary alicyclic amines) is 1. The van der Waals surface area contributed by atoms with Gasteiger partial charge < -0.3 is 15.5 Å². The van der Waals surface area contributed by atoms with E-state index in [1.165, 1.54) is 32.1 Å². The number of nitrogens with one attached hydrogen (secondary N) is 1. The molecule has 1 aromatic carbocycles. The fourth-order valence-corrected chi connectivity index (χ4v) is 2.61. The third kappa shape index (κ3) is 9.07. The summed E-state index contributed by atoms with van der Waals surface area (Å²) in [5, 5.41) is 18.2. The summed E-state index contributed by atoms with van der Waals surface area (Å²) in [6, 6.07) is 7.34. The van der Waals surface area contributed by atoms with Gasteiger partial charge >= 0.3 is 11.9 Å². The lowest BCUT2D eigenvalue weighted by Gasteiger charge is -2.23. The molecule has 0 saturated carbocycles. The van der Waals surface area contributed by atoms with Crippen molar-refractivity contribution in [1.29, 1.82) is 0 Å². The summed E-state index contributed by atoms with van der Waals surface area (Å²) in [7, 11) is 0. The van der Waals surface area contributed by atoms with Gasteiger partial charge in [-0.1, -0.05) is 43.0 Å². The van der Waals surface area contributed by atoms with Gasteiger partial charge in [-0.05, 0) is 38.1 Å². The molecule has 138 valence electrons. The molecular weight excluding hydrogens is 348 g/mol. The van der Waals surface area contributed by atoms with Crippen molar-refractivity contribution < 1.29 is 24.6 Å². The van der Waals surface area contributed by atoms with Crippen molar-refractivity contribution in [2.45, 2.75) is 32.1 Å². The van der Waals surface area contributed by atoms with E-state index >= 15 is 0 Å². The summed E-state index contributed by atoms with van der Waals surface area (Å²) in [6.07, 6.45) is 6.28. The maximum atomic E-state index is 12.0. The fraction of sp³-hybridized carbons (Fsp3) is 0.471. The van der Waals surface area contributed by atoms with Crippen LogP contribution in [0, 0.1) is 0 Å². The normalized spacial score (nSPS) is 15.1. The molecule has 0 unspecified atom stereocenters. The molecule has 8 heteroatoms. The van der Waals surface area contributed by atoms with Crippen LogP contribution in [-0.4, -0.2) is 52.6 Å². The van der Waals surface area contributed by atoms with Crippen molar-refractivity contribution in [2.24, 2.45) is 0 Å². The van der Waals surface area contributed by atoms with E-state index in [1.807, 2.05) is 18.2 Å². The Morgan fingerprint density at radius 3 is 2.00 bits per heavy atom. The Bertz CT molecular complexity index is 574. The maximum Gasteiger partial charge on any atom is 0.414 e. The first-order valence-electron chi connectivity index (χ1n) is 8.13. The van der Waals surface area contributed by atoms with Gasteiger partial charge in [0.05, 0.1) is 17.3 Å². The van der Waals surface area contributed by atoms with Crippen LogP contribution in [0.1, 0.15) is 32.1 Å². The molecule has 1 saturated heterocycles. The molecule has 1 amide bonds. The van der Waals surface area contributed by atoms with Crippen molar-refractivity contribution in [1.82, 2.24) is 4.90 Å². The van der Waals surface area contributed by atoms with Crippen LogP contribution < -0.4 is 5.32 Å².